The highest BCUT2D eigenvalue weighted by Crippen LogP contribution is 2.20. The first kappa shape index (κ1) is 14.1. The van der Waals surface area contributed by atoms with Gasteiger partial charge in [0.2, 0.25) is 5.89 Å². The Hall–Kier alpha value is -2.88. The third kappa shape index (κ3) is 3.23. The zero-order valence-corrected chi connectivity index (χ0v) is 12.6. The number of hydrogen-bond acceptors (Lipinski definition) is 4. The van der Waals surface area contributed by atoms with E-state index in [4.69, 9.17) is 4.42 Å². The lowest BCUT2D eigenvalue weighted by molar-refractivity contribution is 0.565. The molecule has 2 aromatic heterocycles. The molecule has 0 unspecified atom stereocenters. The van der Waals surface area contributed by atoms with Crippen molar-refractivity contribution in [3.05, 3.63) is 66.3 Å². The van der Waals surface area contributed by atoms with Gasteiger partial charge in [0.25, 0.3) is 0 Å². The molecule has 4 heteroatoms. The number of aromatic nitrogens is 2. The molecule has 0 spiro atoms. The molecule has 0 fully saturated rings. The van der Waals surface area contributed by atoms with Gasteiger partial charge in [-0.15, -0.1) is 0 Å². The second-order valence-corrected chi connectivity index (χ2v) is 5.12. The van der Waals surface area contributed by atoms with Crippen molar-refractivity contribution in [1.29, 1.82) is 0 Å². The van der Waals surface area contributed by atoms with Crippen LogP contribution in [0.15, 0.2) is 59.4 Å². The molecule has 0 saturated heterocycles. The maximum atomic E-state index is 5.72. The number of benzene rings is 1. The third-order valence-electron chi connectivity index (χ3n) is 3.30. The molecule has 0 N–H and O–H groups in total. The van der Waals surface area contributed by atoms with E-state index in [-0.39, 0.29) is 0 Å². The van der Waals surface area contributed by atoms with Crippen LogP contribution >= 0.6 is 0 Å². The monoisotopic (exact) mass is 291 g/mol. The van der Waals surface area contributed by atoms with E-state index >= 15 is 0 Å². The zero-order chi connectivity index (χ0) is 15.4. The fourth-order valence-corrected chi connectivity index (χ4v) is 2.05. The number of pyridine rings is 1. The summed E-state index contributed by atoms with van der Waals surface area (Å²) in [6.07, 6.45) is 9.10. The van der Waals surface area contributed by atoms with Crippen molar-refractivity contribution in [2.24, 2.45) is 0 Å². The molecule has 4 nitrogen and oxygen atoms in total. The summed E-state index contributed by atoms with van der Waals surface area (Å²) in [5, 5.41) is 0. The summed E-state index contributed by atoms with van der Waals surface area (Å²) in [5.41, 5.74) is 3.22. The normalized spacial score (nSPS) is 11.0. The number of anilines is 1. The summed E-state index contributed by atoms with van der Waals surface area (Å²) in [6, 6.07) is 12.1. The molecular formula is C18H17N3O. The number of nitrogens with zero attached hydrogens (tertiary/aromatic N) is 3. The molecule has 1 aromatic carbocycles. The first-order valence-electron chi connectivity index (χ1n) is 7.04. The lowest BCUT2D eigenvalue weighted by atomic mass is 10.2. The van der Waals surface area contributed by atoms with Crippen LogP contribution < -0.4 is 4.90 Å². The molecule has 3 rings (SSSR count). The van der Waals surface area contributed by atoms with Crippen LogP contribution in [-0.2, 0) is 0 Å². The number of oxazole rings is 1. The molecular weight excluding hydrogens is 274 g/mol. The predicted octanol–water partition coefficient (Wildman–Crippen LogP) is 3.97. The summed E-state index contributed by atoms with van der Waals surface area (Å²) in [5.74, 6) is 1.33. The van der Waals surface area contributed by atoms with Crippen molar-refractivity contribution in [3.8, 4) is 11.5 Å². The van der Waals surface area contributed by atoms with Gasteiger partial charge in [-0.05, 0) is 35.9 Å². The largest absolute Gasteiger partial charge is 0.437 e. The molecule has 2 heterocycles. The summed E-state index contributed by atoms with van der Waals surface area (Å²) in [7, 11) is 4.06. The van der Waals surface area contributed by atoms with Crippen LogP contribution in [0.25, 0.3) is 23.6 Å². The summed E-state index contributed by atoms with van der Waals surface area (Å²) < 4.78 is 5.72. The lowest BCUT2D eigenvalue weighted by Crippen LogP contribution is -2.07. The van der Waals surface area contributed by atoms with Gasteiger partial charge in [-0.25, -0.2) is 4.98 Å². The van der Waals surface area contributed by atoms with Crippen LogP contribution in [0.5, 0.6) is 0 Å². The molecule has 110 valence electrons. The molecule has 0 saturated carbocycles. The van der Waals surface area contributed by atoms with Crippen LogP contribution in [0.2, 0.25) is 0 Å². The maximum Gasteiger partial charge on any atom is 0.226 e. The first-order valence-corrected chi connectivity index (χ1v) is 7.04. The van der Waals surface area contributed by atoms with Gasteiger partial charge in [-0.1, -0.05) is 18.2 Å². The summed E-state index contributed by atoms with van der Waals surface area (Å²) >= 11 is 0. The molecule has 0 bridgehead atoms. The van der Waals surface area contributed by atoms with Gasteiger partial charge in [-0.3, -0.25) is 4.98 Å². The fourth-order valence-electron chi connectivity index (χ4n) is 2.05. The Kier molecular flexibility index (Phi) is 4.01. The standard InChI is InChI=1S/C18H17N3O/c1-21(2)16-6-3-14(4-7-16)5-8-17-13-20-18(22-17)15-9-11-19-12-10-15/h3-13H,1-2H3/b8-5+. The minimum absolute atomic E-state index is 0.602. The van der Waals surface area contributed by atoms with Crippen LogP contribution in [-0.4, -0.2) is 24.1 Å². The van der Waals surface area contributed by atoms with Gasteiger partial charge in [0, 0.05) is 37.7 Å². The van der Waals surface area contributed by atoms with E-state index in [2.05, 4.69) is 39.1 Å². The molecule has 0 aliphatic carbocycles. The first-order chi connectivity index (χ1) is 10.7. The predicted molar refractivity (Wildman–Crippen MR) is 89.4 cm³/mol. The van der Waals surface area contributed by atoms with E-state index in [1.165, 1.54) is 5.69 Å². The van der Waals surface area contributed by atoms with Gasteiger partial charge in [-0.2, -0.15) is 0 Å². The second kappa shape index (κ2) is 6.26. The molecule has 0 aliphatic rings. The van der Waals surface area contributed by atoms with Crippen molar-refractivity contribution in [2.75, 3.05) is 19.0 Å². The quantitative estimate of drug-likeness (QED) is 0.729. The van der Waals surface area contributed by atoms with Crippen LogP contribution in [0.3, 0.4) is 0 Å². The second-order valence-electron chi connectivity index (χ2n) is 5.12. The van der Waals surface area contributed by atoms with Crippen molar-refractivity contribution in [2.45, 2.75) is 0 Å². The molecule has 22 heavy (non-hydrogen) atoms. The molecule has 0 radical (unpaired) electrons. The van der Waals surface area contributed by atoms with E-state index in [9.17, 15) is 0 Å². The van der Waals surface area contributed by atoms with Crippen LogP contribution in [0.1, 0.15) is 11.3 Å². The van der Waals surface area contributed by atoms with Crippen molar-refractivity contribution in [3.63, 3.8) is 0 Å². The smallest absolute Gasteiger partial charge is 0.226 e. The van der Waals surface area contributed by atoms with Crippen molar-refractivity contribution in [1.82, 2.24) is 9.97 Å². The summed E-state index contributed by atoms with van der Waals surface area (Å²) in [4.78, 5) is 10.3. The lowest BCUT2D eigenvalue weighted by Gasteiger charge is -2.11. The minimum Gasteiger partial charge on any atom is -0.437 e. The Labute approximate surface area is 129 Å². The van der Waals surface area contributed by atoms with Gasteiger partial charge < -0.3 is 9.32 Å². The van der Waals surface area contributed by atoms with Crippen molar-refractivity contribution >= 4 is 17.8 Å². The third-order valence-corrected chi connectivity index (χ3v) is 3.30. The molecule has 0 aliphatic heterocycles. The van der Waals surface area contributed by atoms with E-state index in [1.807, 2.05) is 38.4 Å². The SMILES string of the molecule is CN(C)c1ccc(/C=C/c2cnc(-c3ccncc3)o2)cc1. The maximum absolute atomic E-state index is 5.72. The molecule has 0 amide bonds. The van der Waals surface area contributed by atoms with Crippen LogP contribution in [0.4, 0.5) is 5.69 Å². The topological polar surface area (TPSA) is 42.2 Å². The highest BCUT2D eigenvalue weighted by Gasteiger charge is 2.04. The van der Waals surface area contributed by atoms with E-state index in [0.29, 0.717) is 5.89 Å². The van der Waals surface area contributed by atoms with E-state index in [1.54, 1.807) is 18.6 Å². The highest BCUT2D eigenvalue weighted by atomic mass is 16.4. The Morgan fingerprint density at radius 1 is 0.955 bits per heavy atom. The highest BCUT2D eigenvalue weighted by molar-refractivity contribution is 5.69. The number of hydrogen-bond donors (Lipinski definition) is 0. The summed E-state index contributed by atoms with van der Waals surface area (Å²) in [6.45, 7) is 0. The van der Waals surface area contributed by atoms with E-state index in [0.717, 1.165) is 16.9 Å². The fraction of sp³-hybridized carbons (Fsp3) is 0.111. The Morgan fingerprint density at radius 2 is 1.68 bits per heavy atom. The minimum atomic E-state index is 0.602. The van der Waals surface area contributed by atoms with E-state index < -0.39 is 0 Å². The molecule has 3 aromatic rings. The van der Waals surface area contributed by atoms with Gasteiger partial charge in [0.1, 0.15) is 5.76 Å². The van der Waals surface area contributed by atoms with Crippen molar-refractivity contribution < 1.29 is 4.42 Å². The Bertz CT molecular complexity index is 759. The molecule has 0 atom stereocenters. The zero-order valence-electron chi connectivity index (χ0n) is 12.6. The average molecular weight is 291 g/mol. The Morgan fingerprint density at radius 3 is 2.36 bits per heavy atom. The number of rotatable bonds is 4. The van der Waals surface area contributed by atoms with Crippen LogP contribution in [0, 0.1) is 0 Å². The van der Waals surface area contributed by atoms with Gasteiger partial charge >= 0.3 is 0 Å². The van der Waals surface area contributed by atoms with Gasteiger partial charge in [0.15, 0.2) is 0 Å². The average Bonchev–Trinajstić information content (AvgIpc) is 3.03. The van der Waals surface area contributed by atoms with Gasteiger partial charge in [0.05, 0.1) is 6.20 Å². The Balaban J connectivity index is 1.74.